The van der Waals surface area contributed by atoms with Gasteiger partial charge in [-0.3, -0.25) is 4.79 Å². The van der Waals surface area contributed by atoms with Gasteiger partial charge < -0.3 is 25.7 Å². The van der Waals surface area contributed by atoms with Crippen molar-refractivity contribution in [1.29, 1.82) is 0 Å². The van der Waals surface area contributed by atoms with Crippen LogP contribution in [-0.4, -0.2) is 63.8 Å². The van der Waals surface area contributed by atoms with Gasteiger partial charge in [-0.25, -0.2) is 9.59 Å². The number of hydrogen-bond donors (Lipinski definition) is 4. The van der Waals surface area contributed by atoms with Gasteiger partial charge >= 0.3 is 12.0 Å². The van der Waals surface area contributed by atoms with Crippen LogP contribution in [0.15, 0.2) is 0 Å². The van der Waals surface area contributed by atoms with Crippen molar-refractivity contribution in [3.8, 4) is 0 Å². The van der Waals surface area contributed by atoms with Crippen LogP contribution in [0.2, 0.25) is 0 Å². The number of nitrogens with one attached hydrogen (secondary N) is 2. The molecule has 20 heavy (non-hydrogen) atoms. The van der Waals surface area contributed by atoms with Crippen LogP contribution in [0.3, 0.4) is 0 Å². The van der Waals surface area contributed by atoms with Gasteiger partial charge in [-0.1, -0.05) is 0 Å². The van der Waals surface area contributed by atoms with Gasteiger partial charge in [0.25, 0.3) is 0 Å². The molecule has 1 aliphatic carbocycles. The minimum Gasteiger partial charge on any atom is -0.480 e. The number of β-amino-alcohol motifs (C(OH)–C–C–N with tert-alkyl or cyclic N) is 1. The number of rotatable bonds is 4. The lowest BCUT2D eigenvalue weighted by Gasteiger charge is -2.23. The number of carboxylic acids is 1. The standard InChI is InChI=1S/C12H19N3O5/c1-6(10(17)14-7-2-3-7)13-12(20)15-5-8(16)4-9(15)11(18)19/h6-9,16H,2-5H2,1H3,(H,13,20)(H,14,17)(H,18,19)/t6?,8-,9+/m1/s1. The van der Waals surface area contributed by atoms with E-state index in [1.807, 2.05) is 0 Å². The molecule has 0 bridgehead atoms. The van der Waals surface area contributed by atoms with Gasteiger partial charge in [-0.2, -0.15) is 0 Å². The third kappa shape index (κ3) is 3.38. The zero-order chi connectivity index (χ0) is 14.9. The minimum atomic E-state index is -1.16. The zero-order valence-electron chi connectivity index (χ0n) is 11.2. The summed E-state index contributed by atoms with van der Waals surface area (Å²) < 4.78 is 0. The Hall–Kier alpha value is -1.83. The fourth-order valence-electron chi connectivity index (χ4n) is 2.16. The molecule has 0 radical (unpaired) electrons. The van der Waals surface area contributed by atoms with Gasteiger partial charge in [-0.05, 0) is 19.8 Å². The van der Waals surface area contributed by atoms with Crippen molar-refractivity contribution in [3.05, 3.63) is 0 Å². The van der Waals surface area contributed by atoms with Gasteiger partial charge in [-0.15, -0.1) is 0 Å². The average molecular weight is 285 g/mol. The van der Waals surface area contributed by atoms with Crippen molar-refractivity contribution in [2.75, 3.05) is 6.54 Å². The van der Waals surface area contributed by atoms with Gasteiger partial charge in [0.2, 0.25) is 5.91 Å². The fraction of sp³-hybridized carbons (Fsp3) is 0.750. The van der Waals surface area contributed by atoms with E-state index >= 15 is 0 Å². The maximum absolute atomic E-state index is 12.0. The number of nitrogens with zero attached hydrogens (tertiary/aromatic N) is 1. The largest absolute Gasteiger partial charge is 0.480 e. The average Bonchev–Trinajstić information content (AvgIpc) is 3.08. The summed E-state index contributed by atoms with van der Waals surface area (Å²) in [6.45, 7) is 1.50. The molecule has 1 unspecified atom stereocenters. The van der Waals surface area contributed by atoms with E-state index in [2.05, 4.69) is 10.6 Å². The van der Waals surface area contributed by atoms with Crippen LogP contribution in [0.5, 0.6) is 0 Å². The normalized spacial score (nSPS) is 27.0. The molecule has 1 heterocycles. The summed E-state index contributed by atoms with van der Waals surface area (Å²) in [5.41, 5.74) is 0. The lowest BCUT2D eigenvalue weighted by molar-refractivity contribution is -0.141. The second-order valence-corrected chi connectivity index (χ2v) is 5.35. The molecule has 1 saturated heterocycles. The Bertz CT molecular complexity index is 423. The van der Waals surface area contributed by atoms with Crippen molar-refractivity contribution < 1.29 is 24.6 Å². The van der Waals surface area contributed by atoms with Crippen LogP contribution in [-0.2, 0) is 9.59 Å². The molecule has 8 nitrogen and oxygen atoms in total. The van der Waals surface area contributed by atoms with E-state index in [9.17, 15) is 19.5 Å². The summed E-state index contributed by atoms with van der Waals surface area (Å²) in [5, 5.41) is 23.7. The number of amides is 3. The number of hydrogen-bond acceptors (Lipinski definition) is 4. The van der Waals surface area contributed by atoms with E-state index < -0.39 is 30.2 Å². The molecule has 1 saturated carbocycles. The number of aliphatic hydroxyl groups excluding tert-OH is 1. The molecular formula is C12H19N3O5. The fourth-order valence-corrected chi connectivity index (χ4v) is 2.16. The second kappa shape index (κ2) is 5.66. The molecule has 4 N–H and O–H groups in total. The van der Waals surface area contributed by atoms with Crippen molar-refractivity contribution >= 4 is 17.9 Å². The molecule has 1 aliphatic heterocycles. The summed E-state index contributed by atoms with van der Waals surface area (Å²) in [6, 6.07) is -2.24. The zero-order valence-corrected chi connectivity index (χ0v) is 11.2. The highest BCUT2D eigenvalue weighted by molar-refractivity contribution is 5.89. The Kier molecular flexibility index (Phi) is 4.12. The molecule has 2 aliphatic rings. The molecule has 112 valence electrons. The molecule has 8 heteroatoms. The second-order valence-electron chi connectivity index (χ2n) is 5.35. The first-order valence-electron chi connectivity index (χ1n) is 6.67. The Balaban J connectivity index is 1.89. The van der Waals surface area contributed by atoms with Crippen molar-refractivity contribution in [3.63, 3.8) is 0 Å². The number of likely N-dealkylation sites (tertiary alicyclic amines) is 1. The van der Waals surface area contributed by atoms with E-state index in [1.165, 1.54) is 6.92 Å². The monoisotopic (exact) mass is 285 g/mol. The van der Waals surface area contributed by atoms with E-state index in [0.717, 1.165) is 17.7 Å². The number of aliphatic hydroxyl groups is 1. The Morgan fingerprint density at radius 1 is 1.30 bits per heavy atom. The van der Waals surface area contributed by atoms with E-state index in [0.29, 0.717) is 0 Å². The molecule has 0 aromatic rings. The summed E-state index contributed by atoms with van der Waals surface area (Å²) in [6.07, 6.45) is 1.06. The smallest absolute Gasteiger partial charge is 0.326 e. The lowest BCUT2D eigenvalue weighted by atomic mass is 10.2. The lowest BCUT2D eigenvalue weighted by Crippen LogP contribution is -2.52. The Labute approximate surface area is 116 Å². The van der Waals surface area contributed by atoms with Crippen LogP contribution >= 0.6 is 0 Å². The van der Waals surface area contributed by atoms with Gasteiger partial charge in [0.1, 0.15) is 12.1 Å². The van der Waals surface area contributed by atoms with Crippen LogP contribution < -0.4 is 10.6 Å². The maximum Gasteiger partial charge on any atom is 0.326 e. The highest BCUT2D eigenvalue weighted by atomic mass is 16.4. The van der Waals surface area contributed by atoms with Crippen molar-refractivity contribution in [2.45, 2.75) is 50.4 Å². The number of carbonyl (C=O) groups excluding carboxylic acids is 2. The van der Waals surface area contributed by atoms with Crippen LogP contribution in [0.4, 0.5) is 4.79 Å². The predicted octanol–water partition coefficient (Wildman–Crippen LogP) is -1.12. The quantitative estimate of drug-likeness (QED) is 0.522. The molecule has 3 amide bonds. The molecule has 0 aromatic heterocycles. The number of urea groups is 1. The number of carbonyl (C=O) groups is 3. The van der Waals surface area contributed by atoms with Crippen molar-refractivity contribution in [2.24, 2.45) is 0 Å². The first-order valence-corrected chi connectivity index (χ1v) is 6.67. The van der Waals surface area contributed by atoms with Crippen LogP contribution in [0, 0.1) is 0 Å². The summed E-state index contributed by atoms with van der Waals surface area (Å²) in [4.78, 5) is 35.8. The highest BCUT2D eigenvalue weighted by Gasteiger charge is 2.39. The minimum absolute atomic E-state index is 0.00536. The SMILES string of the molecule is CC(NC(=O)N1C[C@H](O)C[C@H]1C(=O)O)C(=O)NC1CC1. The van der Waals surface area contributed by atoms with Gasteiger partial charge in [0, 0.05) is 19.0 Å². The molecule has 0 spiro atoms. The topological polar surface area (TPSA) is 119 Å². The summed E-state index contributed by atoms with van der Waals surface area (Å²) in [7, 11) is 0. The van der Waals surface area contributed by atoms with E-state index in [4.69, 9.17) is 5.11 Å². The summed E-state index contributed by atoms with van der Waals surface area (Å²) >= 11 is 0. The summed E-state index contributed by atoms with van der Waals surface area (Å²) in [5.74, 6) is -1.45. The van der Waals surface area contributed by atoms with Gasteiger partial charge in [0.15, 0.2) is 0 Å². The van der Waals surface area contributed by atoms with Crippen LogP contribution in [0.25, 0.3) is 0 Å². The Morgan fingerprint density at radius 2 is 1.95 bits per heavy atom. The first-order chi connectivity index (χ1) is 9.38. The molecular weight excluding hydrogens is 266 g/mol. The third-order valence-corrected chi connectivity index (χ3v) is 3.48. The predicted molar refractivity (Wildman–Crippen MR) is 67.9 cm³/mol. The Morgan fingerprint density at radius 3 is 2.50 bits per heavy atom. The third-order valence-electron chi connectivity index (χ3n) is 3.48. The molecule has 2 fully saturated rings. The number of aliphatic carboxylic acids is 1. The van der Waals surface area contributed by atoms with Crippen molar-refractivity contribution in [1.82, 2.24) is 15.5 Å². The molecule has 3 atom stereocenters. The number of carboxylic acid groups (broad SMARTS) is 1. The van der Waals surface area contributed by atoms with E-state index in [-0.39, 0.29) is 24.9 Å². The van der Waals surface area contributed by atoms with E-state index in [1.54, 1.807) is 0 Å². The maximum atomic E-state index is 12.0. The molecule has 0 aromatic carbocycles. The van der Waals surface area contributed by atoms with Gasteiger partial charge in [0.05, 0.1) is 6.10 Å². The van der Waals surface area contributed by atoms with Crippen LogP contribution in [0.1, 0.15) is 26.2 Å². The first kappa shape index (κ1) is 14.6. The molecule has 2 rings (SSSR count). The highest BCUT2D eigenvalue weighted by Crippen LogP contribution is 2.19.